The molecule has 0 aliphatic heterocycles. The Bertz CT molecular complexity index is 1050. The van der Waals surface area contributed by atoms with Gasteiger partial charge in [-0.1, -0.05) is 77.9 Å². The largest absolute Gasteiger partial charge is 0.496 e. The van der Waals surface area contributed by atoms with Crippen LogP contribution in [0.25, 0.3) is 6.08 Å². The Hall–Kier alpha value is -3.66. The van der Waals surface area contributed by atoms with Crippen LogP contribution < -0.4 is 4.74 Å². The Morgan fingerprint density at radius 2 is 1.43 bits per heavy atom. The lowest BCUT2D eigenvalue weighted by Crippen LogP contribution is -2.19. The van der Waals surface area contributed by atoms with Gasteiger partial charge in [-0.3, -0.25) is 4.79 Å². The molecule has 3 aromatic carbocycles. The number of para-hydroxylation sites is 1. The number of methoxy groups -OCH3 is 1. The molecule has 0 unspecified atom stereocenters. The molecule has 0 bridgehead atoms. The van der Waals surface area contributed by atoms with Gasteiger partial charge in [0.15, 0.2) is 6.10 Å². The van der Waals surface area contributed by atoms with Crippen molar-refractivity contribution in [3.05, 3.63) is 107 Å². The number of carbonyl (C=O) groups is 2. The normalized spacial score (nSPS) is 11.8. The van der Waals surface area contributed by atoms with Crippen LogP contribution in [-0.4, -0.2) is 18.9 Å². The maximum Gasteiger partial charge on any atom is 0.331 e. The first-order valence-corrected chi connectivity index (χ1v) is 9.67. The standard InChI is InChI=1S/C26H24O4/c1-18-8-12-21(13-9-18)25(28)26(22-14-10-19(2)11-15-22)30-24(27)17-16-20-6-4-5-7-23(20)29-3/h4-17,26H,1-3H3/b17-16+/t26-/m1/s1. The van der Waals surface area contributed by atoms with E-state index >= 15 is 0 Å². The van der Waals surface area contributed by atoms with E-state index in [4.69, 9.17) is 9.47 Å². The van der Waals surface area contributed by atoms with Gasteiger partial charge in [0.1, 0.15) is 5.75 Å². The molecule has 0 N–H and O–H groups in total. The van der Waals surface area contributed by atoms with Gasteiger partial charge in [-0.25, -0.2) is 4.79 Å². The molecule has 0 aromatic heterocycles. The molecule has 30 heavy (non-hydrogen) atoms. The third-order valence-corrected chi connectivity index (χ3v) is 4.73. The molecule has 0 fully saturated rings. The van der Waals surface area contributed by atoms with Gasteiger partial charge in [0, 0.05) is 22.8 Å². The summed E-state index contributed by atoms with van der Waals surface area (Å²) in [4.78, 5) is 25.7. The second-order valence-electron chi connectivity index (χ2n) is 7.03. The van der Waals surface area contributed by atoms with Crippen LogP contribution in [0.5, 0.6) is 5.75 Å². The average molecular weight is 400 g/mol. The first-order valence-electron chi connectivity index (χ1n) is 9.67. The molecule has 0 spiro atoms. The minimum Gasteiger partial charge on any atom is -0.496 e. The Morgan fingerprint density at radius 3 is 2.07 bits per heavy atom. The molecule has 4 nitrogen and oxygen atoms in total. The van der Waals surface area contributed by atoms with Crippen molar-refractivity contribution in [2.45, 2.75) is 20.0 Å². The number of ether oxygens (including phenoxy) is 2. The van der Waals surface area contributed by atoms with E-state index in [2.05, 4.69) is 0 Å². The Labute approximate surface area is 176 Å². The van der Waals surface area contributed by atoms with Crippen LogP contribution in [0.15, 0.2) is 78.9 Å². The zero-order valence-corrected chi connectivity index (χ0v) is 17.3. The maximum absolute atomic E-state index is 13.1. The second-order valence-corrected chi connectivity index (χ2v) is 7.03. The van der Waals surface area contributed by atoms with Crippen LogP contribution >= 0.6 is 0 Å². The molecule has 3 aromatic rings. The van der Waals surface area contributed by atoms with Crippen LogP contribution in [0, 0.1) is 13.8 Å². The second kappa shape index (κ2) is 9.70. The highest BCUT2D eigenvalue weighted by Gasteiger charge is 2.25. The Morgan fingerprint density at radius 1 is 0.833 bits per heavy atom. The van der Waals surface area contributed by atoms with Gasteiger partial charge in [-0.2, -0.15) is 0 Å². The van der Waals surface area contributed by atoms with Crippen LogP contribution in [0.3, 0.4) is 0 Å². The lowest BCUT2D eigenvalue weighted by atomic mass is 9.98. The van der Waals surface area contributed by atoms with Crippen molar-refractivity contribution in [3.63, 3.8) is 0 Å². The van der Waals surface area contributed by atoms with E-state index in [9.17, 15) is 9.59 Å². The monoisotopic (exact) mass is 400 g/mol. The number of carbonyl (C=O) groups excluding carboxylic acids is 2. The Kier molecular flexibility index (Phi) is 6.81. The molecule has 0 saturated carbocycles. The van der Waals surface area contributed by atoms with E-state index in [0.717, 1.165) is 16.7 Å². The summed E-state index contributed by atoms with van der Waals surface area (Å²) in [6.07, 6.45) is 1.90. The van der Waals surface area contributed by atoms with Gasteiger partial charge < -0.3 is 9.47 Å². The highest BCUT2D eigenvalue weighted by molar-refractivity contribution is 6.01. The predicted molar refractivity (Wildman–Crippen MR) is 118 cm³/mol. The van der Waals surface area contributed by atoms with Gasteiger partial charge in [-0.05, 0) is 26.0 Å². The molecule has 0 heterocycles. The number of rotatable bonds is 7. The molecule has 0 radical (unpaired) electrons. The van der Waals surface area contributed by atoms with Crippen LogP contribution in [-0.2, 0) is 9.53 Å². The third-order valence-electron chi connectivity index (χ3n) is 4.73. The zero-order chi connectivity index (χ0) is 21.5. The number of aryl methyl sites for hydroxylation is 2. The summed E-state index contributed by atoms with van der Waals surface area (Å²) in [6.45, 7) is 3.91. The molecular weight excluding hydrogens is 376 g/mol. The SMILES string of the molecule is COc1ccccc1/C=C/C(=O)O[C@@H](C(=O)c1ccc(C)cc1)c1ccc(C)cc1. The van der Waals surface area contributed by atoms with Crippen LogP contribution in [0.4, 0.5) is 0 Å². The number of esters is 1. The first kappa shape index (κ1) is 21.1. The summed E-state index contributed by atoms with van der Waals surface area (Å²) >= 11 is 0. The van der Waals surface area contributed by atoms with Crippen molar-refractivity contribution in [1.29, 1.82) is 0 Å². The smallest absolute Gasteiger partial charge is 0.331 e. The van der Waals surface area contributed by atoms with Crippen molar-refractivity contribution < 1.29 is 19.1 Å². The molecule has 0 aliphatic rings. The summed E-state index contributed by atoms with van der Waals surface area (Å²) in [5.74, 6) is -0.225. The van der Waals surface area contributed by atoms with E-state index in [0.29, 0.717) is 16.9 Å². The fourth-order valence-corrected chi connectivity index (χ4v) is 3.00. The zero-order valence-electron chi connectivity index (χ0n) is 17.3. The third kappa shape index (κ3) is 5.23. The summed E-state index contributed by atoms with van der Waals surface area (Å²) in [6, 6.07) is 22.0. The number of ketones is 1. The van der Waals surface area contributed by atoms with Crippen molar-refractivity contribution in [2.24, 2.45) is 0 Å². The molecule has 3 rings (SSSR count). The van der Waals surface area contributed by atoms with Crippen molar-refractivity contribution in [2.75, 3.05) is 7.11 Å². The number of hydrogen-bond donors (Lipinski definition) is 0. The molecule has 0 amide bonds. The summed E-state index contributed by atoms with van der Waals surface area (Å²) in [5.41, 5.74) is 3.98. The molecule has 0 saturated heterocycles. The molecular formula is C26H24O4. The quantitative estimate of drug-likeness (QED) is 0.299. The summed E-state index contributed by atoms with van der Waals surface area (Å²) in [5, 5.41) is 0. The topological polar surface area (TPSA) is 52.6 Å². The lowest BCUT2D eigenvalue weighted by Gasteiger charge is -2.17. The van der Waals surface area contributed by atoms with Crippen LogP contribution in [0.1, 0.15) is 38.7 Å². The molecule has 0 aliphatic carbocycles. The van der Waals surface area contributed by atoms with Crippen molar-refractivity contribution in [3.8, 4) is 5.75 Å². The average Bonchev–Trinajstić information content (AvgIpc) is 2.77. The number of hydrogen-bond acceptors (Lipinski definition) is 4. The summed E-state index contributed by atoms with van der Waals surface area (Å²) < 4.78 is 10.9. The highest BCUT2D eigenvalue weighted by atomic mass is 16.5. The highest BCUT2D eigenvalue weighted by Crippen LogP contribution is 2.24. The van der Waals surface area contributed by atoms with E-state index in [-0.39, 0.29) is 5.78 Å². The minimum atomic E-state index is -1.02. The maximum atomic E-state index is 13.1. The van der Waals surface area contributed by atoms with E-state index in [1.807, 2.05) is 68.4 Å². The fourth-order valence-electron chi connectivity index (χ4n) is 3.00. The van der Waals surface area contributed by atoms with E-state index in [1.165, 1.54) is 6.08 Å². The van der Waals surface area contributed by atoms with E-state index < -0.39 is 12.1 Å². The van der Waals surface area contributed by atoms with Crippen molar-refractivity contribution in [1.82, 2.24) is 0 Å². The molecule has 152 valence electrons. The van der Waals surface area contributed by atoms with Gasteiger partial charge in [-0.15, -0.1) is 0 Å². The van der Waals surface area contributed by atoms with Crippen molar-refractivity contribution >= 4 is 17.8 Å². The minimum absolute atomic E-state index is 0.266. The van der Waals surface area contributed by atoms with Gasteiger partial charge in [0.25, 0.3) is 0 Å². The van der Waals surface area contributed by atoms with Gasteiger partial charge in [0.05, 0.1) is 7.11 Å². The summed E-state index contributed by atoms with van der Waals surface area (Å²) in [7, 11) is 1.57. The van der Waals surface area contributed by atoms with Gasteiger partial charge >= 0.3 is 5.97 Å². The van der Waals surface area contributed by atoms with Gasteiger partial charge in [0.2, 0.25) is 5.78 Å². The number of Topliss-reactive ketones (excluding diaryl/α,β-unsaturated/α-hetero) is 1. The Balaban J connectivity index is 1.85. The van der Waals surface area contributed by atoms with Crippen LogP contribution in [0.2, 0.25) is 0 Å². The fraction of sp³-hybridized carbons (Fsp3) is 0.154. The number of benzene rings is 3. The van der Waals surface area contributed by atoms with E-state index in [1.54, 1.807) is 31.4 Å². The molecule has 1 atom stereocenters. The molecule has 4 heteroatoms. The first-order chi connectivity index (χ1) is 14.5. The predicted octanol–water partition coefficient (Wildman–Crippen LogP) is 5.49. The lowest BCUT2D eigenvalue weighted by molar-refractivity contribution is -0.141.